The lowest BCUT2D eigenvalue weighted by molar-refractivity contribution is 0.0939. The molecule has 0 saturated carbocycles. The third-order valence-corrected chi connectivity index (χ3v) is 4.71. The summed E-state index contributed by atoms with van der Waals surface area (Å²) in [6.45, 7) is 5.96. The maximum atomic E-state index is 12.5. The molecule has 0 spiro atoms. The molecule has 7 heteroatoms. The van der Waals surface area contributed by atoms with Gasteiger partial charge in [-0.15, -0.1) is 0 Å². The van der Waals surface area contributed by atoms with E-state index in [9.17, 15) is 4.79 Å². The smallest absolute Gasteiger partial charge is 0.253 e. The monoisotopic (exact) mass is 376 g/mol. The summed E-state index contributed by atoms with van der Waals surface area (Å²) in [4.78, 5) is 16.9. The van der Waals surface area contributed by atoms with Gasteiger partial charge >= 0.3 is 0 Å². The number of nitrogens with one attached hydrogen (secondary N) is 1. The van der Waals surface area contributed by atoms with Gasteiger partial charge in [0.25, 0.3) is 5.91 Å². The van der Waals surface area contributed by atoms with Crippen molar-refractivity contribution >= 4 is 40.1 Å². The van der Waals surface area contributed by atoms with E-state index in [2.05, 4.69) is 15.4 Å². The normalized spacial score (nSPS) is 12.6. The Hall–Kier alpha value is -2.11. The molecule has 1 amide bonds. The Morgan fingerprint density at radius 1 is 1.12 bits per heavy atom. The van der Waals surface area contributed by atoms with Crippen molar-refractivity contribution < 1.29 is 4.79 Å². The quantitative estimate of drug-likeness (QED) is 0.710. The van der Waals surface area contributed by atoms with Crippen LogP contribution in [-0.2, 0) is 0 Å². The first-order valence-electron chi connectivity index (χ1n) is 7.96. The number of amides is 1. The highest BCUT2D eigenvalue weighted by Crippen LogP contribution is 2.26. The first-order valence-corrected chi connectivity index (χ1v) is 8.71. The fourth-order valence-corrected chi connectivity index (χ4v) is 2.89. The number of fused-ring (bicyclic) bond motifs is 1. The average molecular weight is 377 g/mol. The van der Waals surface area contributed by atoms with Crippen molar-refractivity contribution in [3.8, 4) is 0 Å². The van der Waals surface area contributed by atoms with Crippen LogP contribution in [0, 0.1) is 0 Å². The average Bonchev–Trinajstić information content (AvgIpc) is 3.00. The molecule has 0 aliphatic heterocycles. The van der Waals surface area contributed by atoms with Crippen LogP contribution in [0.4, 0.5) is 0 Å². The molecule has 0 aliphatic carbocycles. The molecule has 0 unspecified atom stereocenters. The summed E-state index contributed by atoms with van der Waals surface area (Å²) < 4.78 is 1.83. The van der Waals surface area contributed by atoms with Crippen molar-refractivity contribution in [2.45, 2.75) is 32.9 Å². The Morgan fingerprint density at radius 3 is 2.56 bits per heavy atom. The predicted molar refractivity (Wildman–Crippen MR) is 100 cm³/mol. The Bertz CT molecular complexity index is 936. The van der Waals surface area contributed by atoms with Gasteiger partial charge in [-0.3, -0.25) is 4.79 Å². The molecule has 1 aromatic carbocycles. The maximum absolute atomic E-state index is 12.5. The van der Waals surface area contributed by atoms with Crippen LogP contribution in [0.2, 0.25) is 10.0 Å². The van der Waals surface area contributed by atoms with Crippen LogP contribution in [-0.4, -0.2) is 20.7 Å². The first kappa shape index (κ1) is 17.7. The maximum Gasteiger partial charge on any atom is 0.253 e. The molecular formula is C18H18Cl2N4O. The highest BCUT2D eigenvalue weighted by Gasteiger charge is 2.15. The zero-order valence-electron chi connectivity index (χ0n) is 14.1. The van der Waals surface area contributed by atoms with E-state index in [0.717, 1.165) is 16.6 Å². The molecule has 2 aromatic heterocycles. The molecule has 0 radical (unpaired) electrons. The first-order chi connectivity index (χ1) is 11.9. The lowest BCUT2D eigenvalue weighted by atomic mass is 10.1. The van der Waals surface area contributed by atoms with Gasteiger partial charge in [-0.05, 0) is 44.5 Å². The molecule has 1 atom stereocenters. The fraction of sp³-hybridized carbons (Fsp3) is 0.278. The molecule has 3 aromatic rings. The number of pyridine rings is 1. The van der Waals surface area contributed by atoms with Crippen LogP contribution in [0.1, 0.15) is 48.8 Å². The summed E-state index contributed by atoms with van der Waals surface area (Å²) >= 11 is 12.0. The molecule has 130 valence electrons. The van der Waals surface area contributed by atoms with E-state index in [4.69, 9.17) is 23.2 Å². The molecule has 0 bridgehead atoms. The molecule has 5 nitrogen and oxygen atoms in total. The van der Waals surface area contributed by atoms with Gasteiger partial charge in [-0.1, -0.05) is 29.3 Å². The summed E-state index contributed by atoms with van der Waals surface area (Å²) in [7, 11) is 0. The highest BCUT2D eigenvalue weighted by molar-refractivity contribution is 6.42. The van der Waals surface area contributed by atoms with Crippen LogP contribution in [0.3, 0.4) is 0 Å². The summed E-state index contributed by atoms with van der Waals surface area (Å²) in [5, 5.41) is 9.05. The van der Waals surface area contributed by atoms with Gasteiger partial charge in [-0.25, -0.2) is 9.67 Å². The van der Waals surface area contributed by atoms with E-state index in [1.54, 1.807) is 30.6 Å². The molecule has 25 heavy (non-hydrogen) atoms. The number of aromatic nitrogens is 3. The fourth-order valence-electron chi connectivity index (χ4n) is 2.59. The lowest BCUT2D eigenvalue weighted by Crippen LogP contribution is -2.26. The third kappa shape index (κ3) is 3.62. The second-order valence-corrected chi connectivity index (χ2v) is 7.00. The van der Waals surface area contributed by atoms with E-state index in [0.29, 0.717) is 15.6 Å². The lowest BCUT2D eigenvalue weighted by Gasteiger charge is -2.15. The predicted octanol–water partition coefficient (Wildman–Crippen LogP) is 4.81. The molecule has 3 rings (SSSR count). The number of nitrogens with zero attached hydrogens (tertiary/aromatic N) is 3. The Morgan fingerprint density at radius 2 is 1.88 bits per heavy atom. The van der Waals surface area contributed by atoms with Crippen molar-refractivity contribution in [2.75, 3.05) is 0 Å². The van der Waals surface area contributed by atoms with Crippen molar-refractivity contribution in [1.29, 1.82) is 0 Å². The van der Waals surface area contributed by atoms with Gasteiger partial charge in [0, 0.05) is 17.6 Å². The summed E-state index contributed by atoms with van der Waals surface area (Å²) in [6, 6.07) is 7.10. The number of rotatable bonds is 4. The third-order valence-electron chi connectivity index (χ3n) is 3.98. The van der Waals surface area contributed by atoms with Crippen molar-refractivity contribution in [2.24, 2.45) is 0 Å². The molecule has 2 heterocycles. The summed E-state index contributed by atoms with van der Waals surface area (Å²) in [6.07, 6.45) is 3.29. The van der Waals surface area contributed by atoms with Crippen LogP contribution in [0.25, 0.3) is 11.0 Å². The largest absolute Gasteiger partial charge is 0.345 e. The van der Waals surface area contributed by atoms with Crippen LogP contribution in [0.5, 0.6) is 0 Å². The molecular weight excluding hydrogens is 359 g/mol. The van der Waals surface area contributed by atoms with E-state index in [1.807, 2.05) is 31.5 Å². The van der Waals surface area contributed by atoms with E-state index in [-0.39, 0.29) is 18.0 Å². The van der Waals surface area contributed by atoms with Crippen LogP contribution in [0.15, 0.2) is 36.7 Å². The van der Waals surface area contributed by atoms with Crippen molar-refractivity contribution in [1.82, 2.24) is 20.1 Å². The minimum absolute atomic E-state index is 0.203. The summed E-state index contributed by atoms with van der Waals surface area (Å²) in [5.74, 6) is -0.203. The number of carbonyl (C=O) groups excluding carboxylic acids is 1. The van der Waals surface area contributed by atoms with E-state index < -0.39 is 0 Å². The molecule has 1 N–H and O–H groups in total. The SMILES string of the molecule is CC(C)n1ncc2cc(C(=O)N[C@H](C)c3ccc(Cl)c(Cl)c3)cnc21. The van der Waals surface area contributed by atoms with E-state index >= 15 is 0 Å². The van der Waals surface area contributed by atoms with Gasteiger partial charge in [-0.2, -0.15) is 5.10 Å². The zero-order chi connectivity index (χ0) is 18.1. The van der Waals surface area contributed by atoms with Gasteiger partial charge in [0.05, 0.1) is 27.8 Å². The van der Waals surface area contributed by atoms with Crippen LogP contribution < -0.4 is 5.32 Å². The minimum atomic E-state index is -0.212. The number of carbonyl (C=O) groups is 1. The second-order valence-electron chi connectivity index (χ2n) is 6.19. The summed E-state index contributed by atoms with van der Waals surface area (Å²) in [5.41, 5.74) is 2.14. The number of hydrogen-bond donors (Lipinski definition) is 1. The molecule has 0 aliphatic rings. The molecule has 0 saturated heterocycles. The van der Waals surface area contributed by atoms with Crippen molar-refractivity contribution in [3.05, 3.63) is 57.8 Å². The zero-order valence-corrected chi connectivity index (χ0v) is 15.6. The van der Waals surface area contributed by atoms with Gasteiger partial charge in [0.1, 0.15) is 0 Å². The Kier molecular flexibility index (Phi) is 4.97. The number of benzene rings is 1. The number of hydrogen-bond acceptors (Lipinski definition) is 3. The Balaban J connectivity index is 1.80. The topological polar surface area (TPSA) is 59.8 Å². The Labute approximate surface area is 156 Å². The molecule has 0 fully saturated rings. The standard InChI is InChI=1S/C18H18Cl2N4O/c1-10(2)24-17-13(9-22-24)6-14(8-21-17)18(25)23-11(3)12-4-5-15(19)16(20)7-12/h4-11H,1-3H3,(H,23,25)/t11-/m1/s1. The van der Waals surface area contributed by atoms with Gasteiger partial charge < -0.3 is 5.32 Å². The minimum Gasteiger partial charge on any atom is -0.345 e. The van der Waals surface area contributed by atoms with Crippen LogP contribution >= 0.6 is 23.2 Å². The van der Waals surface area contributed by atoms with Gasteiger partial charge in [0.15, 0.2) is 5.65 Å². The van der Waals surface area contributed by atoms with Crippen molar-refractivity contribution in [3.63, 3.8) is 0 Å². The number of halogens is 2. The highest BCUT2D eigenvalue weighted by atomic mass is 35.5. The van der Waals surface area contributed by atoms with Gasteiger partial charge in [0.2, 0.25) is 0 Å². The second kappa shape index (κ2) is 7.02. The van der Waals surface area contributed by atoms with E-state index in [1.165, 1.54) is 0 Å².